The maximum absolute atomic E-state index is 12.2. The van der Waals surface area contributed by atoms with Crippen molar-refractivity contribution >= 4 is 22.3 Å². The van der Waals surface area contributed by atoms with Gasteiger partial charge in [-0.2, -0.15) is 0 Å². The van der Waals surface area contributed by atoms with Crippen molar-refractivity contribution < 1.29 is 8.83 Å². The molecule has 5 aromatic rings. The second-order valence-electron chi connectivity index (χ2n) is 5.91. The van der Waals surface area contributed by atoms with E-state index in [2.05, 4.69) is 19.9 Å². The van der Waals surface area contributed by atoms with Gasteiger partial charge in [0.1, 0.15) is 22.7 Å². The molecule has 0 radical (unpaired) electrons. The summed E-state index contributed by atoms with van der Waals surface area (Å²) in [4.78, 5) is 28.5. The Bertz CT molecular complexity index is 1330. The summed E-state index contributed by atoms with van der Waals surface area (Å²) in [6.07, 6.45) is 2.94. The van der Waals surface area contributed by atoms with Crippen LogP contribution in [-0.2, 0) is 0 Å². The van der Waals surface area contributed by atoms with Gasteiger partial charge in [0.05, 0.1) is 0 Å². The van der Waals surface area contributed by atoms with Crippen LogP contribution in [0.1, 0.15) is 5.76 Å². The van der Waals surface area contributed by atoms with Crippen molar-refractivity contribution in [2.45, 2.75) is 6.92 Å². The van der Waals surface area contributed by atoms with Crippen LogP contribution in [0.2, 0.25) is 0 Å². The lowest BCUT2D eigenvalue weighted by Crippen LogP contribution is -2.06. The van der Waals surface area contributed by atoms with Gasteiger partial charge in [0, 0.05) is 17.8 Å². The van der Waals surface area contributed by atoms with E-state index in [1.54, 1.807) is 6.20 Å². The normalized spacial score (nSPS) is 11.4. The van der Waals surface area contributed by atoms with Crippen LogP contribution < -0.4 is 5.43 Å². The highest BCUT2D eigenvalue weighted by molar-refractivity contribution is 5.86. The van der Waals surface area contributed by atoms with Crippen LogP contribution in [0.3, 0.4) is 0 Å². The summed E-state index contributed by atoms with van der Waals surface area (Å²) in [7, 11) is 0. The third kappa shape index (κ3) is 2.21. The molecule has 0 aliphatic carbocycles. The van der Waals surface area contributed by atoms with Crippen molar-refractivity contribution in [3.8, 4) is 22.7 Å². The molecule has 0 atom stereocenters. The average Bonchev–Trinajstić information content (AvgIpc) is 3.29. The average molecular weight is 344 g/mol. The van der Waals surface area contributed by atoms with E-state index >= 15 is 0 Å². The minimum atomic E-state index is -0.199. The number of H-pyrrole nitrogens is 1. The van der Waals surface area contributed by atoms with Gasteiger partial charge >= 0.3 is 0 Å². The van der Waals surface area contributed by atoms with Crippen molar-refractivity contribution in [2.24, 2.45) is 0 Å². The highest BCUT2D eigenvalue weighted by atomic mass is 16.3. The topological polar surface area (TPSA) is 97.8 Å². The van der Waals surface area contributed by atoms with E-state index in [1.165, 1.54) is 12.5 Å². The number of fused-ring (bicyclic) bond motifs is 2. The summed E-state index contributed by atoms with van der Waals surface area (Å²) >= 11 is 0. The molecule has 0 amide bonds. The molecule has 0 saturated heterocycles. The Labute approximate surface area is 146 Å². The van der Waals surface area contributed by atoms with Gasteiger partial charge in [0.15, 0.2) is 28.9 Å². The van der Waals surface area contributed by atoms with E-state index in [1.807, 2.05) is 37.3 Å². The number of nitrogens with one attached hydrogen (secondary N) is 1. The second-order valence-corrected chi connectivity index (χ2v) is 5.91. The lowest BCUT2D eigenvalue weighted by atomic mass is 10.1. The van der Waals surface area contributed by atoms with Crippen molar-refractivity contribution in [3.05, 3.63) is 65.0 Å². The van der Waals surface area contributed by atoms with Gasteiger partial charge in [-0.15, -0.1) is 0 Å². The lowest BCUT2D eigenvalue weighted by molar-refractivity contribution is 0.546. The first-order valence-corrected chi connectivity index (χ1v) is 7.99. The number of aromatic amines is 1. The Balaban J connectivity index is 1.86. The molecule has 0 aliphatic rings. The first-order valence-electron chi connectivity index (χ1n) is 7.99. The van der Waals surface area contributed by atoms with E-state index in [0.717, 1.165) is 16.8 Å². The summed E-state index contributed by atoms with van der Waals surface area (Å²) in [5.74, 6) is 1.34. The predicted octanol–water partition coefficient (Wildman–Crippen LogP) is 3.69. The molecule has 5 rings (SSSR count). The van der Waals surface area contributed by atoms with Gasteiger partial charge in [-0.05, 0) is 31.2 Å². The smallest absolute Gasteiger partial charge is 0.209 e. The third-order valence-corrected chi connectivity index (χ3v) is 4.16. The Morgan fingerprint density at radius 3 is 2.81 bits per heavy atom. The summed E-state index contributed by atoms with van der Waals surface area (Å²) in [5, 5.41) is 0. The van der Waals surface area contributed by atoms with E-state index in [4.69, 9.17) is 8.83 Å². The minimum Gasteiger partial charge on any atom is -0.460 e. The van der Waals surface area contributed by atoms with Crippen LogP contribution in [0.15, 0.2) is 62.6 Å². The standard InChI is InChI=1S/C19H12N4O3/c1-10-2-5-14(26-10)18-16(11-3-4-12-15(8-11)25-9-21-12)22-17-13(24)6-7-20-19(17)23-18/h2-9H,1H3,(H,20,23,24). The van der Waals surface area contributed by atoms with Crippen molar-refractivity contribution in [3.63, 3.8) is 0 Å². The van der Waals surface area contributed by atoms with Crippen LogP contribution in [-0.4, -0.2) is 19.9 Å². The molecule has 0 fully saturated rings. The van der Waals surface area contributed by atoms with Crippen molar-refractivity contribution in [2.75, 3.05) is 0 Å². The molecule has 26 heavy (non-hydrogen) atoms. The van der Waals surface area contributed by atoms with Crippen molar-refractivity contribution in [1.82, 2.24) is 19.9 Å². The van der Waals surface area contributed by atoms with Crippen molar-refractivity contribution in [1.29, 1.82) is 0 Å². The maximum Gasteiger partial charge on any atom is 0.209 e. The SMILES string of the molecule is Cc1ccc(-c2nc3[nH]ccc(=O)c3nc2-c2ccc3ncoc3c2)o1. The molecule has 0 bridgehead atoms. The molecule has 0 aliphatic heterocycles. The largest absolute Gasteiger partial charge is 0.460 e. The fourth-order valence-electron chi connectivity index (χ4n) is 2.92. The Morgan fingerprint density at radius 1 is 1.04 bits per heavy atom. The number of aromatic nitrogens is 4. The monoisotopic (exact) mass is 344 g/mol. The number of nitrogens with zero attached hydrogens (tertiary/aromatic N) is 3. The molecule has 0 saturated carbocycles. The Kier molecular flexibility index (Phi) is 3.02. The van der Waals surface area contributed by atoms with Gasteiger partial charge in [0.2, 0.25) is 5.43 Å². The van der Waals surface area contributed by atoms with E-state index in [9.17, 15) is 4.79 Å². The third-order valence-electron chi connectivity index (χ3n) is 4.16. The van der Waals surface area contributed by atoms with Gasteiger partial charge in [-0.3, -0.25) is 4.79 Å². The lowest BCUT2D eigenvalue weighted by Gasteiger charge is -2.08. The Morgan fingerprint density at radius 2 is 1.96 bits per heavy atom. The molecule has 0 spiro atoms. The van der Waals surface area contributed by atoms with E-state index in [0.29, 0.717) is 28.4 Å². The fraction of sp³-hybridized carbons (Fsp3) is 0.0526. The summed E-state index contributed by atoms with van der Waals surface area (Å²) in [6.45, 7) is 1.86. The van der Waals surface area contributed by atoms with Gasteiger partial charge in [-0.1, -0.05) is 6.07 Å². The minimum absolute atomic E-state index is 0.199. The number of hydrogen-bond donors (Lipinski definition) is 1. The van der Waals surface area contributed by atoms with Gasteiger partial charge in [0.25, 0.3) is 0 Å². The first kappa shape index (κ1) is 14.6. The van der Waals surface area contributed by atoms with Gasteiger partial charge in [-0.25, -0.2) is 15.0 Å². The molecule has 1 aromatic carbocycles. The first-order chi connectivity index (χ1) is 12.7. The molecule has 7 nitrogen and oxygen atoms in total. The number of furan rings is 1. The molecule has 4 aromatic heterocycles. The molecule has 0 unspecified atom stereocenters. The molecule has 7 heteroatoms. The second kappa shape index (κ2) is 5.38. The van der Waals surface area contributed by atoms with Crippen LogP contribution in [0.25, 0.3) is 45.0 Å². The van der Waals surface area contributed by atoms with Gasteiger partial charge < -0.3 is 13.8 Å². The maximum atomic E-state index is 12.2. The van der Waals surface area contributed by atoms with E-state index < -0.39 is 0 Å². The summed E-state index contributed by atoms with van der Waals surface area (Å²) < 4.78 is 11.1. The zero-order valence-corrected chi connectivity index (χ0v) is 13.7. The van der Waals surface area contributed by atoms with Crippen LogP contribution >= 0.6 is 0 Å². The quantitative estimate of drug-likeness (QED) is 0.524. The highest BCUT2D eigenvalue weighted by Gasteiger charge is 2.18. The number of benzene rings is 1. The number of hydrogen-bond acceptors (Lipinski definition) is 6. The summed E-state index contributed by atoms with van der Waals surface area (Å²) in [6, 6.07) is 10.7. The molecular formula is C19H12N4O3. The van der Waals surface area contributed by atoms with Crippen LogP contribution in [0.4, 0.5) is 0 Å². The van der Waals surface area contributed by atoms with Crippen LogP contribution in [0.5, 0.6) is 0 Å². The predicted molar refractivity (Wildman–Crippen MR) is 95.6 cm³/mol. The Hall–Kier alpha value is -3.74. The van der Waals surface area contributed by atoms with Crippen LogP contribution in [0, 0.1) is 6.92 Å². The molecular weight excluding hydrogens is 332 g/mol. The van der Waals surface area contributed by atoms with E-state index in [-0.39, 0.29) is 10.9 Å². The number of aryl methyl sites for hydroxylation is 1. The fourth-order valence-corrected chi connectivity index (χ4v) is 2.92. The number of rotatable bonds is 2. The summed E-state index contributed by atoms with van der Waals surface area (Å²) in [5.41, 5.74) is 3.71. The number of oxazole rings is 1. The zero-order valence-electron chi connectivity index (χ0n) is 13.7. The molecule has 126 valence electrons. The molecule has 4 heterocycles. The zero-order chi connectivity index (χ0) is 17.7. The highest BCUT2D eigenvalue weighted by Crippen LogP contribution is 2.32. The molecule has 1 N–H and O–H groups in total. The number of pyridine rings is 1.